The third-order valence-electron chi connectivity index (χ3n) is 6.19. The maximum Gasteiger partial charge on any atom is 0.338 e. The van der Waals surface area contributed by atoms with Crippen molar-refractivity contribution in [1.29, 1.82) is 0 Å². The van der Waals surface area contributed by atoms with Crippen LogP contribution in [0.25, 0.3) is 17.4 Å². The number of carbonyl (C=O) groups excluding carboxylic acids is 2. The molecule has 8 nitrogen and oxygen atoms in total. The number of benzene rings is 2. The van der Waals surface area contributed by atoms with Crippen molar-refractivity contribution in [3.8, 4) is 11.3 Å². The van der Waals surface area contributed by atoms with E-state index in [1.807, 2.05) is 24.3 Å². The van der Waals surface area contributed by atoms with Gasteiger partial charge < -0.3 is 13.9 Å². The summed E-state index contributed by atoms with van der Waals surface area (Å²) < 4.78 is 18.9. The number of hydrogen-bond acceptors (Lipinski definition) is 8. The van der Waals surface area contributed by atoms with Crippen LogP contribution in [0.5, 0.6) is 0 Å². The molecule has 39 heavy (non-hydrogen) atoms. The highest BCUT2D eigenvalue weighted by atomic mass is 79.9. The molecule has 0 N–H and O–H groups in total. The fraction of sp³-hybridized carbons (Fsp3) is 0.172. The Morgan fingerprint density at radius 3 is 2.46 bits per heavy atom. The zero-order valence-corrected chi connectivity index (χ0v) is 23.7. The number of aromatic nitrogens is 1. The third-order valence-corrected chi connectivity index (χ3v) is 7.71. The highest BCUT2D eigenvalue weighted by molar-refractivity contribution is 9.10. The Balaban J connectivity index is 1.57. The lowest BCUT2D eigenvalue weighted by Gasteiger charge is -2.24. The lowest BCUT2D eigenvalue weighted by Crippen LogP contribution is -2.39. The minimum absolute atomic E-state index is 0.208. The molecule has 0 unspecified atom stereocenters. The van der Waals surface area contributed by atoms with Crippen LogP contribution in [0.2, 0.25) is 0 Å². The van der Waals surface area contributed by atoms with Gasteiger partial charge in [-0.3, -0.25) is 9.36 Å². The number of carbonyl (C=O) groups is 2. The minimum Gasteiger partial charge on any atom is -0.465 e. The van der Waals surface area contributed by atoms with E-state index in [4.69, 9.17) is 13.9 Å². The molecule has 0 aliphatic carbocycles. The molecule has 1 atom stereocenters. The predicted octanol–water partition coefficient (Wildman–Crippen LogP) is 4.61. The van der Waals surface area contributed by atoms with Gasteiger partial charge in [-0.15, -0.1) is 0 Å². The van der Waals surface area contributed by atoms with E-state index in [1.165, 1.54) is 23.0 Å². The predicted molar refractivity (Wildman–Crippen MR) is 150 cm³/mol. The van der Waals surface area contributed by atoms with E-state index >= 15 is 0 Å². The number of halogens is 1. The highest BCUT2D eigenvalue weighted by Crippen LogP contribution is 2.31. The summed E-state index contributed by atoms with van der Waals surface area (Å²) in [5.41, 5.74) is 2.51. The van der Waals surface area contributed by atoms with Crippen LogP contribution >= 0.6 is 27.3 Å². The van der Waals surface area contributed by atoms with Gasteiger partial charge in [0.15, 0.2) is 4.80 Å². The Morgan fingerprint density at radius 1 is 1.08 bits per heavy atom. The third kappa shape index (κ3) is 5.17. The fourth-order valence-electron chi connectivity index (χ4n) is 4.36. The molecular weight excluding hydrogens is 584 g/mol. The Hall–Kier alpha value is -4.02. The molecule has 4 aromatic rings. The molecule has 1 aliphatic rings. The van der Waals surface area contributed by atoms with Crippen LogP contribution in [0.1, 0.15) is 41.6 Å². The number of rotatable bonds is 6. The normalized spacial score (nSPS) is 15.1. The summed E-state index contributed by atoms with van der Waals surface area (Å²) in [6.45, 7) is 3.70. The Labute approximate surface area is 235 Å². The van der Waals surface area contributed by atoms with Gasteiger partial charge in [0.2, 0.25) is 0 Å². The SMILES string of the molecule is CCOC(=O)C1=C(C)N=c2s/c(=C/c3ccc(-c4ccc(C(=O)OC)cc4)o3)c(=O)n2[C@@H]1c1ccc(Br)cc1. The zero-order valence-electron chi connectivity index (χ0n) is 21.3. The first-order valence-corrected chi connectivity index (χ1v) is 13.7. The van der Waals surface area contributed by atoms with Crippen LogP contribution in [0.3, 0.4) is 0 Å². The molecule has 3 heterocycles. The second-order valence-electron chi connectivity index (χ2n) is 8.62. The maximum absolute atomic E-state index is 13.7. The van der Waals surface area contributed by atoms with Gasteiger partial charge in [0, 0.05) is 16.1 Å². The van der Waals surface area contributed by atoms with Crippen LogP contribution in [-0.2, 0) is 14.3 Å². The number of ether oxygens (including phenoxy) is 2. The van der Waals surface area contributed by atoms with Crippen LogP contribution in [0, 0.1) is 0 Å². The molecule has 1 aliphatic heterocycles. The molecule has 0 saturated heterocycles. The van der Waals surface area contributed by atoms with Crippen molar-refractivity contribution in [2.24, 2.45) is 4.99 Å². The summed E-state index contributed by atoms with van der Waals surface area (Å²) in [5, 5.41) is 0. The zero-order chi connectivity index (χ0) is 27.7. The lowest BCUT2D eigenvalue weighted by atomic mass is 9.96. The summed E-state index contributed by atoms with van der Waals surface area (Å²) in [6, 6.07) is 17.2. The van der Waals surface area contributed by atoms with Crippen LogP contribution < -0.4 is 14.9 Å². The molecule has 0 saturated carbocycles. The van der Waals surface area contributed by atoms with Gasteiger partial charge in [0.05, 0.1) is 41.1 Å². The summed E-state index contributed by atoms with van der Waals surface area (Å²) in [7, 11) is 1.33. The second kappa shape index (κ2) is 11.0. The van der Waals surface area contributed by atoms with Gasteiger partial charge in [-0.05, 0) is 55.8 Å². The number of nitrogens with zero attached hydrogens (tertiary/aromatic N) is 2. The van der Waals surface area contributed by atoms with Gasteiger partial charge in [-0.2, -0.15) is 0 Å². The first-order valence-electron chi connectivity index (χ1n) is 12.0. The van der Waals surface area contributed by atoms with E-state index < -0.39 is 18.0 Å². The number of fused-ring (bicyclic) bond motifs is 1. The molecule has 0 radical (unpaired) electrons. The monoisotopic (exact) mass is 606 g/mol. The summed E-state index contributed by atoms with van der Waals surface area (Å²) >= 11 is 4.67. The van der Waals surface area contributed by atoms with Crippen molar-refractivity contribution in [2.45, 2.75) is 19.9 Å². The first kappa shape index (κ1) is 26.6. The van der Waals surface area contributed by atoms with Crippen molar-refractivity contribution < 1.29 is 23.5 Å². The molecule has 0 bridgehead atoms. The van der Waals surface area contributed by atoms with E-state index in [2.05, 4.69) is 20.9 Å². The number of hydrogen-bond donors (Lipinski definition) is 0. The molecular formula is C29H23BrN2O6S. The van der Waals surface area contributed by atoms with Gasteiger partial charge in [-0.25, -0.2) is 14.6 Å². The molecule has 0 spiro atoms. The standard InChI is InChI=1S/C29H23BrN2O6S/c1-4-37-28(35)24-16(2)31-29-32(25(24)18-9-11-20(30)12-10-18)26(33)23(39-29)15-21-13-14-22(38-21)17-5-7-19(8-6-17)27(34)36-3/h5-15,25H,4H2,1-3H3/b23-15+/t25-/m1/s1. The van der Waals surface area contributed by atoms with E-state index in [0.29, 0.717) is 37.7 Å². The summed E-state index contributed by atoms with van der Waals surface area (Å²) in [5.74, 6) is 0.141. The van der Waals surface area contributed by atoms with E-state index in [1.54, 1.807) is 56.3 Å². The summed E-state index contributed by atoms with van der Waals surface area (Å²) in [4.78, 5) is 43.5. The van der Waals surface area contributed by atoms with Gasteiger partial charge in [0.25, 0.3) is 5.56 Å². The summed E-state index contributed by atoms with van der Waals surface area (Å²) in [6.07, 6.45) is 1.66. The molecule has 2 aromatic carbocycles. The topological polar surface area (TPSA) is 100 Å². The van der Waals surface area contributed by atoms with Crippen molar-refractivity contribution in [3.05, 3.63) is 113 Å². The van der Waals surface area contributed by atoms with E-state index in [0.717, 1.165) is 15.6 Å². The van der Waals surface area contributed by atoms with Crippen molar-refractivity contribution >= 4 is 45.3 Å². The number of methoxy groups -OCH3 is 1. The molecule has 0 fully saturated rings. The average molecular weight is 607 g/mol. The molecule has 198 valence electrons. The molecule has 2 aromatic heterocycles. The maximum atomic E-state index is 13.7. The second-order valence-corrected chi connectivity index (χ2v) is 10.5. The molecule has 0 amide bonds. The van der Waals surface area contributed by atoms with Crippen molar-refractivity contribution in [2.75, 3.05) is 13.7 Å². The fourth-order valence-corrected chi connectivity index (χ4v) is 5.65. The number of thiazole rings is 1. The largest absolute Gasteiger partial charge is 0.465 e. The van der Waals surface area contributed by atoms with Crippen LogP contribution in [-0.4, -0.2) is 30.2 Å². The highest BCUT2D eigenvalue weighted by Gasteiger charge is 2.33. The van der Waals surface area contributed by atoms with Crippen molar-refractivity contribution in [3.63, 3.8) is 0 Å². The average Bonchev–Trinajstić information content (AvgIpc) is 3.52. The first-order chi connectivity index (χ1) is 18.8. The van der Waals surface area contributed by atoms with Crippen LogP contribution in [0.15, 0.2) is 90.6 Å². The van der Waals surface area contributed by atoms with E-state index in [9.17, 15) is 14.4 Å². The minimum atomic E-state index is -0.684. The number of furan rings is 1. The van der Waals surface area contributed by atoms with Crippen LogP contribution in [0.4, 0.5) is 0 Å². The lowest BCUT2D eigenvalue weighted by molar-refractivity contribution is -0.139. The van der Waals surface area contributed by atoms with Gasteiger partial charge >= 0.3 is 11.9 Å². The molecule has 10 heteroatoms. The Kier molecular flexibility index (Phi) is 7.49. The Bertz CT molecular complexity index is 1780. The molecule has 5 rings (SSSR count). The smallest absolute Gasteiger partial charge is 0.338 e. The number of esters is 2. The van der Waals surface area contributed by atoms with Crippen molar-refractivity contribution in [1.82, 2.24) is 4.57 Å². The quantitative estimate of drug-likeness (QED) is 0.297. The Morgan fingerprint density at radius 2 is 1.79 bits per heavy atom. The van der Waals surface area contributed by atoms with E-state index in [-0.39, 0.29) is 12.2 Å². The van der Waals surface area contributed by atoms with Gasteiger partial charge in [-0.1, -0.05) is 51.5 Å². The number of allylic oxidation sites excluding steroid dienone is 1. The van der Waals surface area contributed by atoms with Gasteiger partial charge in [0.1, 0.15) is 11.5 Å².